The van der Waals surface area contributed by atoms with Gasteiger partial charge in [0.1, 0.15) is 11.9 Å². The Balaban J connectivity index is 2.11. The molecule has 1 N–H and O–H groups in total. The van der Waals surface area contributed by atoms with Crippen LogP contribution in [0.2, 0.25) is 0 Å². The van der Waals surface area contributed by atoms with Crippen molar-refractivity contribution >= 4 is 15.7 Å². The van der Waals surface area contributed by atoms with Crippen molar-refractivity contribution in [3.05, 3.63) is 23.4 Å². The lowest BCUT2D eigenvalue weighted by atomic mass is 10.2. The number of aromatic nitrogens is 1. The Bertz CT molecular complexity index is 590. The molecule has 5 nitrogen and oxygen atoms in total. The van der Waals surface area contributed by atoms with Crippen molar-refractivity contribution in [3.8, 4) is 6.07 Å². The molecule has 2 rings (SSSR count). The topological polar surface area (TPSA) is 82.9 Å². The molecule has 1 fully saturated rings. The standard InChI is InChI=1S/C12H15N3O2S/c1-9-4-5-10(7-13)12(15-9)14-8-11-3-2-6-18(11,16)17/h4-5,11H,2-3,6,8H2,1H3,(H,14,15). The maximum atomic E-state index is 11.7. The second kappa shape index (κ2) is 4.94. The van der Waals surface area contributed by atoms with Crippen LogP contribution in [-0.2, 0) is 9.84 Å². The molecule has 0 aliphatic carbocycles. The van der Waals surface area contributed by atoms with Crippen LogP contribution in [0.4, 0.5) is 5.82 Å². The van der Waals surface area contributed by atoms with Gasteiger partial charge in [0.15, 0.2) is 9.84 Å². The van der Waals surface area contributed by atoms with Gasteiger partial charge in [-0.2, -0.15) is 5.26 Å². The summed E-state index contributed by atoms with van der Waals surface area (Å²) in [4.78, 5) is 4.22. The van der Waals surface area contributed by atoms with E-state index in [4.69, 9.17) is 5.26 Å². The first-order chi connectivity index (χ1) is 8.53. The molecule has 2 heterocycles. The van der Waals surface area contributed by atoms with Crippen LogP contribution < -0.4 is 5.32 Å². The van der Waals surface area contributed by atoms with Gasteiger partial charge in [-0.25, -0.2) is 13.4 Å². The molecule has 1 aromatic rings. The molecule has 0 radical (unpaired) electrons. The van der Waals surface area contributed by atoms with Gasteiger partial charge in [-0.1, -0.05) is 0 Å². The lowest BCUT2D eigenvalue weighted by Gasteiger charge is -2.12. The van der Waals surface area contributed by atoms with E-state index < -0.39 is 9.84 Å². The molecule has 1 unspecified atom stereocenters. The third-order valence-electron chi connectivity index (χ3n) is 3.11. The van der Waals surface area contributed by atoms with Crippen LogP contribution in [-0.4, -0.2) is 30.9 Å². The summed E-state index contributed by atoms with van der Waals surface area (Å²) in [6.45, 7) is 2.16. The predicted octanol–water partition coefficient (Wildman–Crippen LogP) is 1.25. The summed E-state index contributed by atoms with van der Waals surface area (Å²) < 4.78 is 23.4. The summed E-state index contributed by atoms with van der Waals surface area (Å²) in [6, 6.07) is 5.49. The molecule has 96 valence electrons. The molecule has 1 aliphatic rings. The molecule has 0 amide bonds. The average Bonchev–Trinajstić information content (AvgIpc) is 2.66. The first-order valence-electron chi connectivity index (χ1n) is 5.86. The maximum absolute atomic E-state index is 11.7. The molecule has 0 spiro atoms. The third kappa shape index (κ3) is 2.62. The highest BCUT2D eigenvalue weighted by molar-refractivity contribution is 7.92. The zero-order chi connectivity index (χ0) is 13.2. The molecule has 6 heteroatoms. The van der Waals surface area contributed by atoms with Crippen molar-refractivity contribution in [3.63, 3.8) is 0 Å². The summed E-state index contributed by atoms with van der Waals surface area (Å²) in [6.07, 6.45) is 1.41. The summed E-state index contributed by atoms with van der Waals surface area (Å²) in [5.41, 5.74) is 1.24. The summed E-state index contributed by atoms with van der Waals surface area (Å²) in [7, 11) is -2.96. The number of nitrogens with zero attached hydrogens (tertiary/aromatic N) is 2. The minimum Gasteiger partial charge on any atom is -0.368 e. The highest BCUT2D eigenvalue weighted by Gasteiger charge is 2.31. The number of pyridine rings is 1. The predicted molar refractivity (Wildman–Crippen MR) is 69.0 cm³/mol. The van der Waals surface area contributed by atoms with Gasteiger partial charge >= 0.3 is 0 Å². The van der Waals surface area contributed by atoms with Crippen molar-refractivity contribution in [2.45, 2.75) is 25.0 Å². The minimum atomic E-state index is -2.96. The molecule has 18 heavy (non-hydrogen) atoms. The molecule has 1 aliphatic heterocycles. The third-order valence-corrected chi connectivity index (χ3v) is 5.39. The van der Waals surface area contributed by atoms with Gasteiger partial charge in [-0.05, 0) is 31.9 Å². The lowest BCUT2D eigenvalue weighted by molar-refractivity contribution is 0.591. The molecule has 0 saturated carbocycles. The monoisotopic (exact) mass is 265 g/mol. The van der Waals surface area contributed by atoms with Crippen LogP contribution in [0, 0.1) is 18.3 Å². The van der Waals surface area contributed by atoms with Gasteiger partial charge in [0.25, 0.3) is 0 Å². The highest BCUT2D eigenvalue weighted by Crippen LogP contribution is 2.21. The van der Waals surface area contributed by atoms with E-state index in [1.165, 1.54) is 0 Å². The average molecular weight is 265 g/mol. The summed E-state index contributed by atoms with van der Waals surface area (Å²) in [5, 5.41) is 11.6. The Morgan fingerprint density at radius 3 is 2.94 bits per heavy atom. The van der Waals surface area contributed by atoms with Crippen LogP contribution in [0.25, 0.3) is 0 Å². The van der Waals surface area contributed by atoms with E-state index in [0.29, 0.717) is 24.3 Å². The second-order valence-corrected chi connectivity index (χ2v) is 6.87. The van der Waals surface area contributed by atoms with Gasteiger partial charge in [0.2, 0.25) is 0 Å². The van der Waals surface area contributed by atoms with Crippen LogP contribution in [0.1, 0.15) is 24.1 Å². The van der Waals surface area contributed by atoms with Crippen molar-refractivity contribution in [1.82, 2.24) is 4.98 Å². The Morgan fingerprint density at radius 2 is 2.33 bits per heavy atom. The van der Waals surface area contributed by atoms with E-state index >= 15 is 0 Å². The van der Waals surface area contributed by atoms with Gasteiger partial charge in [-0.15, -0.1) is 0 Å². The number of nitrogens with one attached hydrogen (secondary N) is 1. The first kappa shape index (κ1) is 12.8. The largest absolute Gasteiger partial charge is 0.368 e. The van der Waals surface area contributed by atoms with Crippen molar-refractivity contribution in [2.24, 2.45) is 0 Å². The number of sulfone groups is 1. The fourth-order valence-electron chi connectivity index (χ4n) is 2.08. The number of anilines is 1. The summed E-state index contributed by atoms with van der Waals surface area (Å²) >= 11 is 0. The van der Waals surface area contributed by atoms with Gasteiger partial charge in [-0.3, -0.25) is 0 Å². The van der Waals surface area contributed by atoms with E-state index in [-0.39, 0.29) is 11.0 Å². The highest BCUT2D eigenvalue weighted by atomic mass is 32.2. The number of hydrogen-bond donors (Lipinski definition) is 1. The minimum absolute atomic E-state index is 0.270. The number of hydrogen-bond acceptors (Lipinski definition) is 5. The van der Waals surface area contributed by atoms with Crippen molar-refractivity contribution < 1.29 is 8.42 Å². The number of rotatable bonds is 3. The Morgan fingerprint density at radius 1 is 1.56 bits per heavy atom. The van der Waals surface area contributed by atoms with Crippen molar-refractivity contribution in [2.75, 3.05) is 17.6 Å². The van der Waals surface area contributed by atoms with E-state index in [9.17, 15) is 8.42 Å². The fraction of sp³-hybridized carbons (Fsp3) is 0.500. The van der Waals surface area contributed by atoms with Crippen LogP contribution in [0.15, 0.2) is 12.1 Å². The number of aryl methyl sites for hydroxylation is 1. The molecule has 1 aromatic heterocycles. The van der Waals surface area contributed by atoms with Crippen molar-refractivity contribution in [1.29, 1.82) is 5.26 Å². The van der Waals surface area contributed by atoms with E-state index in [1.807, 2.05) is 13.0 Å². The SMILES string of the molecule is Cc1ccc(C#N)c(NCC2CCCS2(=O)=O)n1. The van der Waals surface area contributed by atoms with E-state index in [2.05, 4.69) is 10.3 Å². The van der Waals surface area contributed by atoms with E-state index in [0.717, 1.165) is 12.1 Å². The molecule has 0 bridgehead atoms. The molecular weight excluding hydrogens is 250 g/mol. The molecule has 0 aromatic carbocycles. The van der Waals surface area contributed by atoms with Gasteiger partial charge < -0.3 is 5.32 Å². The van der Waals surface area contributed by atoms with E-state index in [1.54, 1.807) is 12.1 Å². The zero-order valence-electron chi connectivity index (χ0n) is 10.2. The first-order valence-corrected chi connectivity index (χ1v) is 7.57. The Labute approximate surface area is 107 Å². The van der Waals surface area contributed by atoms with Crippen LogP contribution in [0.3, 0.4) is 0 Å². The Kier molecular flexibility index (Phi) is 3.53. The number of nitriles is 1. The molecule has 1 atom stereocenters. The van der Waals surface area contributed by atoms with Crippen LogP contribution in [0.5, 0.6) is 0 Å². The van der Waals surface area contributed by atoms with Gasteiger partial charge in [0, 0.05) is 12.2 Å². The van der Waals surface area contributed by atoms with Gasteiger partial charge in [0.05, 0.1) is 16.6 Å². The maximum Gasteiger partial charge on any atom is 0.154 e. The molecular formula is C12H15N3O2S. The lowest BCUT2D eigenvalue weighted by Crippen LogP contribution is -2.25. The fourth-order valence-corrected chi connectivity index (χ4v) is 3.85. The normalized spacial score (nSPS) is 21.4. The quantitative estimate of drug-likeness (QED) is 0.889. The smallest absolute Gasteiger partial charge is 0.154 e. The second-order valence-electron chi connectivity index (χ2n) is 4.47. The molecule has 1 saturated heterocycles. The Hall–Kier alpha value is -1.61. The van der Waals surface area contributed by atoms with Crippen LogP contribution >= 0.6 is 0 Å². The summed E-state index contributed by atoms with van der Waals surface area (Å²) in [5.74, 6) is 0.741. The zero-order valence-corrected chi connectivity index (χ0v) is 11.0.